The molecule has 1 N–H and O–H groups in total. The molecule has 2 heterocycles. The molecule has 0 saturated carbocycles. The second kappa shape index (κ2) is 5.55. The highest BCUT2D eigenvalue weighted by atomic mass is 15.3. The highest BCUT2D eigenvalue weighted by Gasteiger charge is 2.18. The van der Waals surface area contributed by atoms with Gasteiger partial charge in [0, 0.05) is 31.5 Å². The van der Waals surface area contributed by atoms with Crippen LogP contribution in [0.4, 0.5) is 0 Å². The number of hydrogen-bond donors (Lipinski definition) is 1. The first-order valence-corrected chi connectivity index (χ1v) is 6.83. The normalized spacial score (nSPS) is 19.9. The average Bonchev–Trinajstić information content (AvgIpc) is 3.08. The standard InChI is InChI=1S/C15H20N4/c1-18-10-7-14(12-18)16-11-13-5-2-3-6-15(13)19-9-4-8-17-19/h2-6,8-9,14,16H,7,10-12H2,1H3. The van der Waals surface area contributed by atoms with Gasteiger partial charge in [0.25, 0.3) is 0 Å². The van der Waals surface area contributed by atoms with Gasteiger partial charge in [0.15, 0.2) is 0 Å². The van der Waals surface area contributed by atoms with Gasteiger partial charge in [-0.05, 0) is 37.7 Å². The summed E-state index contributed by atoms with van der Waals surface area (Å²) in [4.78, 5) is 2.37. The van der Waals surface area contributed by atoms with Crippen molar-refractivity contribution in [1.82, 2.24) is 20.0 Å². The van der Waals surface area contributed by atoms with Gasteiger partial charge in [-0.25, -0.2) is 4.68 Å². The Bertz CT molecular complexity index is 521. The average molecular weight is 256 g/mol. The van der Waals surface area contributed by atoms with Crippen LogP contribution in [0.3, 0.4) is 0 Å². The SMILES string of the molecule is CN1CCC(NCc2ccccc2-n2cccn2)C1. The van der Waals surface area contributed by atoms with Crippen molar-refractivity contribution in [2.45, 2.75) is 19.0 Å². The Morgan fingerprint density at radius 1 is 1.32 bits per heavy atom. The van der Waals surface area contributed by atoms with Crippen molar-refractivity contribution in [2.75, 3.05) is 20.1 Å². The fourth-order valence-electron chi connectivity index (χ4n) is 2.65. The zero-order valence-corrected chi connectivity index (χ0v) is 11.3. The van der Waals surface area contributed by atoms with Crippen LogP contribution in [0.25, 0.3) is 5.69 Å². The van der Waals surface area contributed by atoms with Gasteiger partial charge in [0.1, 0.15) is 0 Å². The summed E-state index contributed by atoms with van der Waals surface area (Å²) in [5.41, 5.74) is 2.45. The van der Waals surface area contributed by atoms with E-state index in [9.17, 15) is 0 Å². The molecule has 0 bridgehead atoms. The maximum absolute atomic E-state index is 4.32. The van der Waals surface area contributed by atoms with Crippen molar-refractivity contribution in [1.29, 1.82) is 0 Å². The molecule has 4 heteroatoms. The molecule has 100 valence electrons. The monoisotopic (exact) mass is 256 g/mol. The fourth-order valence-corrected chi connectivity index (χ4v) is 2.65. The Balaban J connectivity index is 1.71. The molecule has 0 amide bonds. The van der Waals surface area contributed by atoms with E-state index in [2.05, 4.69) is 46.6 Å². The number of benzene rings is 1. The largest absolute Gasteiger partial charge is 0.309 e. The van der Waals surface area contributed by atoms with E-state index < -0.39 is 0 Å². The van der Waals surface area contributed by atoms with E-state index in [1.807, 2.05) is 23.1 Å². The van der Waals surface area contributed by atoms with Crippen molar-refractivity contribution in [3.8, 4) is 5.69 Å². The predicted molar refractivity (Wildman–Crippen MR) is 76.3 cm³/mol. The van der Waals surface area contributed by atoms with Crippen LogP contribution in [0.15, 0.2) is 42.7 Å². The van der Waals surface area contributed by atoms with Crippen LogP contribution in [-0.4, -0.2) is 40.9 Å². The third kappa shape index (κ3) is 2.85. The van der Waals surface area contributed by atoms with E-state index in [1.165, 1.54) is 18.5 Å². The maximum atomic E-state index is 4.32. The van der Waals surface area contributed by atoms with E-state index in [-0.39, 0.29) is 0 Å². The third-order valence-corrected chi connectivity index (χ3v) is 3.72. The van der Waals surface area contributed by atoms with E-state index in [4.69, 9.17) is 0 Å². The molecular formula is C15H20N4. The van der Waals surface area contributed by atoms with E-state index in [0.717, 1.165) is 18.8 Å². The van der Waals surface area contributed by atoms with Gasteiger partial charge >= 0.3 is 0 Å². The van der Waals surface area contributed by atoms with Crippen LogP contribution in [0, 0.1) is 0 Å². The molecule has 1 saturated heterocycles. The van der Waals surface area contributed by atoms with E-state index in [0.29, 0.717) is 6.04 Å². The smallest absolute Gasteiger partial charge is 0.0690 e. The molecule has 3 rings (SSSR count). The lowest BCUT2D eigenvalue weighted by Crippen LogP contribution is -2.31. The Hall–Kier alpha value is -1.65. The molecule has 0 aliphatic carbocycles. The summed E-state index contributed by atoms with van der Waals surface area (Å²) < 4.78 is 1.93. The first kappa shape index (κ1) is 12.4. The van der Waals surface area contributed by atoms with Crippen molar-refractivity contribution in [3.63, 3.8) is 0 Å². The first-order valence-electron chi connectivity index (χ1n) is 6.83. The molecule has 2 aromatic rings. The lowest BCUT2D eigenvalue weighted by molar-refractivity contribution is 0.397. The molecule has 1 aromatic carbocycles. The number of hydrogen-bond acceptors (Lipinski definition) is 3. The lowest BCUT2D eigenvalue weighted by Gasteiger charge is -2.15. The molecule has 1 aliphatic rings. The van der Waals surface area contributed by atoms with Crippen molar-refractivity contribution in [2.24, 2.45) is 0 Å². The Morgan fingerprint density at radius 3 is 2.95 bits per heavy atom. The zero-order valence-electron chi connectivity index (χ0n) is 11.3. The Morgan fingerprint density at radius 2 is 2.21 bits per heavy atom. The van der Waals surface area contributed by atoms with Crippen molar-refractivity contribution in [3.05, 3.63) is 48.3 Å². The summed E-state index contributed by atoms with van der Waals surface area (Å²) in [7, 11) is 2.18. The van der Waals surface area contributed by atoms with E-state index in [1.54, 1.807) is 0 Å². The molecule has 1 aromatic heterocycles. The number of nitrogens with one attached hydrogen (secondary N) is 1. The zero-order chi connectivity index (χ0) is 13.1. The topological polar surface area (TPSA) is 33.1 Å². The molecule has 1 unspecified atom stereocenters. The number of rotatable bonds is 4. The van der Waals surface area contributed by atoms with Crippen LogP contribution in [-0.2, 0) is 6.54 Å². The van der Waals surface area contributed by atoms with Gasteiger partial charge in [-0.15, -0.1) is 0 Å². The predicted octanol–water partition coefficient (Wildman–Crippen LogP) is 1.67. The number of nitrogens with zero attached hydrogens (tertiary/aromatic N) is 3. The minimum Gasteiger partial charge on any atom is -0.309 e. The molecule has 4 nitrogen and oxygen atoms in total. The van der Waals surface area contributed by atoms with Crippen LogP contribution >= 0.6 is 0 Å². The van der Waals surface area contributed by atoms with Crippen LogP contribution in [0.2, 0.25) is 0 Å². The summed E-state index contributed by atoms with van der Waals surface area (Å²) in [6.45, 7) is 3.23. The van der Waals surface area contributed by atoms with Gasteiger partial charge in [-0.3, -0.25) is 0 Å². The van der Waals surface area contributed by atoms with Gasteiger partial charge in [0.2, 0.25) is 0 Å². The minimum absolute atomic E-state index is 0.607. The quantitative estimate of drug-likeness (QED) is 0.903. The second-order valence-corrected chi connectivity index (χ2v) is 5.21. The van der Waals surface area contributed by atoms with Crippen molar-refractivity contribution >= 4 is 0 Å². The third-order valence-electron chi connectivity index (χ3n) is 3.72. The molecular weight excluding hydrogens is 236 g/mol. The maximum Gasteiger partial charge on any atom is 0.0690 e. The fraction of sp³-hybridized carbons (Fsp3) is 0.400. The molecule has 1 atom stereocenters. The molecule has 0 radical (unpaired) electrons. The van der Waals surface area contributed by atoms with Crippen LogP contribution in [0.1, 0.15) is 12.0 Å². The number of likely N-dealkylation sites (tertiary alicyclic amines) is 1. The number of likely N-dealkylation sites (N-methyl/N-ethyl adjacent to an activating group) is 1. The lowest BCUT2D eigenvalue weighted by atomic mass is 10.1. The van der Waals surface area contributed by atoms with Gasteiger partial charge in [-0.2, -0.15) is 5.10 Å². The Labute approximate surface area is 114 Å². The molecule has 1 fully saturated rings. The van der Waals surface area contributed by atoms with E-state index >= 15 is 0 Å². The van der Waals surface area contributed by atoms with Gasteiger partial charge in [-0.1, -0.05) is 18.2 Å². The Kier molecular flexibility index (Phi) is 3.62. The highest BCUT2D eigenvalue weighted by Crippen LogP contribution is 2.14. The summed E-state index contributed by atoms with van der Waals surface area (Å²) >= 11 is 0. The number of aromatic nitrogens is 2. The molecule has 19 heavy (non-hydrogen) atoms. The minimum atomic E-state index is 0.607. The summed E-state index contributed by atoms with van der Waals surface area (Å²) in [6, 6.07) is 11.0. The second-order valence-electron chi connectivity index (χ2n) is 5.21. The van der Waals surface area contributed by atoms with Gasteiger partial charge < -0.3 is 10.2 Å². The summed E-state index contributed by atoms with van der Waals surface area (Å²) in [5, 5.41) is 7.97. The van der Waals surface area contributed by atoms with Gasteiger partial charge in [0.05, 0.1) is 5.69 Å². The number of para-hydroxylation sites is 1. The summed E-state index contributed by atoms with van der Waals surface area (Å²) in [5.74, 6) is 0. The van der Waals surface area contributed by atoms with Crippen LogP contribution < -0.4 is 5.32 Å². The highest BCUT2D eigenvalue weighted by molar-refractivity contribution is 5.40. The van der Waals surface area contributed by atoms with Crippen LogP contribution in [0.5, 0.6) is 0 Å². The first-order chi connectivity index (χ1) is 9.33. The molecule has 1 aliphatic heterocycles. The molecule has 0 spiro atoms. The van der Waals surface area contributed by atoms with Crippen molar-refractivity contribution < 1.29 is 0 Å². The summed E-state index contributed by atoms with van der Waals surface area (Å²) in [6.07, 6.45) is 5.04.